The Labute approximate surface area is 284 Å². The zero-order valence-electron chi connectivity index (χ0n) is 27.0. The predicted octanol–water partition coefficient (Wildman–Crippen LogP) is 9.82. The second-order valence-electron chi connectivity index (χ2n) is 12.5. The van der Waals surface area contributed by atoms with Gasteiger partial charge in [-0.1, -0.05) is 99.1 Å². The van der Waals surface area contributed by atoms with Crippen molar-refractivity contribution in [1.29, 1.82) is 0 Å². The Morgan fingerprint density at radius 3 is 1.52 bits per heavy atom. The smallest absolute Gasteiger partial charge is 0.339 e. The molecule has 9 heteroatoms. The lowest BCUT2D eigenvalue weighted by Crippen LogP contribution is -2.15. The SMILES string of the molecule is Cc1ccc(S(=O)(=O)Oc2ccc3cc(S(=O)(=O)OS(c4ccccc4)(c4ccccc4)c4ccc(C(C)(C)C)cc4)ccc3c2)cc1. The molecule has 0 aliphatic heterocycles. The normalized spacial score (nSPS) is 12.9. The first-order valence-electron chi connectivity index (χ1n) is 15.3. The van der Waals surface area contributed by atoms with Gasteiger partial charge in [-0.25, -0.2) is 3.63 Å². The van der Waals surface area contributed by atoms with Crippen LogP contribution in [-0.4, -0.2) is 16.8 Å². The van der Waals surface area contributed by atoms with Gasteiger partial charge in [0.05, 0.1) is 4.90 Å². The molecule has 0 saturated carbocycles. The summed E-state index contributed by atoms with van der Waals surface area (Å²) in [4.78, 5) is 2.24. The summed E-state index contributed by atoms with van der Waals surface area (Å²) in [5.74, 6) is 0.116. The highest BCUT2D eigenvalue weighted by Gasteiger charge is 2.38. The third-order valence-electron chi connectivity index (χ3n) is 7.98. The molecule has 0 unspecified atom stereocenters. The van der Waals surface area contributed by atoms with Crippen LogP contribution in [0.4, 0.5) is 0 Å². The summed E-state index contributed by atoms with van der Waals surface area (Å²) in [5, 5.41) is 1.18. The molecular weight excluding hydrogens is 661 g/mol. The maximum Gasteiger partial charge on any atom is 0.339 e. The molecule has 246 valence electrons. The monoisotopic (exact) mass is 696 g/mol. The minimum absolute atomic E-state index is 0.0222. The zero-order chi connectivity index (χ0) is 34.2. The molecule has 0 N–H and O–H groups in total. The molecule has 0 heterocycles. The lowest BCUT2D eigenvalue weighted by Gasteiger charge is -2.39. The van der Waals surface area contributed by atoms with Crippen LogP contribution in [0.5, 0.6) is 5.75 Å². The van der Waals surface area contributed by atoms with Crippen LogP contribution in [0, 0.1) is 6.92 Å². The van der Waals surface area contributed by atoms with E-state index in [9.17, 15) is 16.8 Å². The summed E-state index contributed by atoms with van der Waals surface area (Å²) >= 11 is 0. The number of aryl methyl sites for hydroxylation is 1. The average molecular weight is 697 g/mol. The van der Waals surface area contributed by atoms with E-state index in [0.717, 1.165) is 25.8 Å². The molecule has 6 rings (SSSR count). The van der Waals surface area contributed by atoms with Crippen LogP contribution in [0.25, 0.3) is 10.8 Å². The Hall–Kier alpha value is -4.41. The van der Waals surface area contributed by atoms with Gasteiger partial charge in [-0.05, 0) is 112 Å². The van der Waals surface area contributed by atoms with Crippen molar-refractivity contribution in [3.05, 3.63) is 157 Å². The van der Waals surface area contributed by atoms with Gasteiger partial charge in [0.25, 0.3) is 0 Å². The fraction of sp³-hybridized carbons (Fsp3) is 0.128. The Bertz CT molecular complexity index is 2240. The van der Waals surface area contributed by atoms with E-state index in [1.165, 1.54) is 30.3 Å². The summed E-state index contributed by atoms with van der Waals surface area (Å²) in [6, 6.07) is 42.7. The lowest BCUT2D eigenvalue weighted by atomic mass is 9.87. The number of benzene rings is 6. The Balaban J connectivity index is 1.41. The van der Waals surface area contributed by atoms with Gasteiger partial charge in [-0.15, -0.1) is 0 Å². The van der Waals surface area contributed by atoms with Gasteiger partial charge in [0.2, 0.25) is 0 Å². The van der Waals surface area contributed by atoms with Gasteiger partial charge in [-0.2, -0.15) is 16.8 Å². The van der Waals surface area contributed by atoms with Crippen molar-refractivity contribution < 1.29 is 24.6 Å². The maximum atomic E-state index is 14.4. The van der Waals surface area contributed by atoms with Gasteiger partial charge in [0.15, 0.2) is 0 Å². The molecule has 0 spiro atoms. The fourth-order valence-corrected chi connectivity index (χ4v) is 11.5. The minimum Gasteiger partial charge on any atom is -0.379 e. The number of hydrogen-bond donors (Lipinski definition) is 0. The van der Waals surface area contributed by atoms with Crippen molar-refractivity contribution in [2.75, 3.05) is 0 Å². The molecule has 0 aromatic heterocycles. The van der Waals surface area contributed by atoms with Crippen molar-refractivity contribution in [3.8, 4) is 5.75 Å². The van der Waals surface area contributed by atoms with Crippen LogP contribution in [0.2, 0.25) is 0 Å². The zero-order valence-corrected chi connectivity index (χ0v) is 29.5. The summed E-state index contributed by atoms with van der Waals surface area (Å²) in [7, 11) is -11.2. The second-order valence-corrected chi connectivity index (χ2v) is 18.5. The Morgan fingerprint density at radius 1 is 0.479 bits per heavy atom. The molecule has 0 amide bonds. The molecule has 6 aromatic carbocycles. The van der Waals surface area contributed by atoms with Gasteiger partial charge >= 0.3 is 20.2 Å². The predicted molar refractivity (Wildman–Crippen MR) is 192 cm³/mol. The number of rotatable bonds is 9. The first kappa shape index (κ1) is 33.5. The van der Waals surface area contributed by atoms with Crippen molar-refractivity contribution in [3.63, 3.8) is 0 Å². The topological polar surface area (TPSA) is 86.7 Å². The molecule has 0 aliphatic carbocycles. The van der Waals surface area contributed by atoms with E-state index in [4.69, 9.17) is 7.81 Å². The first-order valence-corrected chi connectivity index (χ1v) is 19.7. The summed E-state index contributed by atoms with van der Waals surface area (Å²) in [6.45, 7) is 8.27. The van der Waals surface area contributed by atoms with Gasteiger partial charge in [0.1, 0.15) is 10.6 Å². The highest BCUT2D eigenvalue weighted by molar-refractivity contribution is 8.33. The van der Waals surface area contributed by atoms with E-state index in [1.54, 1.807) is 30.3 Å². The molecule has 0 radical (unpaired) electrons. The summed E-state index contributed by atoms with van der Waals surface area (Å²) < 4.78 is 66.4. The van der Waals surface area contributed by atoms with Gasteiger partial charge < -0.3 is 4.18 Å². The largest absolute Gasteiger partial charge is 0.379 e. The molecular formula is C39H36O6S3. The van der Waals surface area contributed by atoms with Crippen LogP contribution in [0.1, 0.15) is 31.9 Å². The van der Waals surface area contributed by atoms with E-state index >= 15 is 0 Å². The fourth-order valence-electron chi connectivity index (χ4n) is 5.36. The van der Waals surface area contributed by atoms with Crippen LogP contribution >= 0.6 is 10.3 Å². The van der Waals surface area contributed by atoms with E-state index in [2.05, 4.69) is 20.8 Å². The quantitative estimate of drug-likeness (QED) is 0.140. The summed E-state index contributed by atoms with van der Waals surface area (Å²) in [5.41, 5.74) is 1.95. The molecule has 0 bridgehead atoms. The van der Waals surface area contributed by atoms with E-state index in [0.29, 0.717) is 10.8 Å². The molecule has 0 saturated heterocycles. The van der Waals surface area contributed by atoms with Gasteiger partial charge in [0, 0.05) is 14.7 Å². The molecule has 0 fully saturated rings. The van der Waals surface area contributed by atoms with E-state index in [1.807, 2.05) is 91.9 Å². The standard InChI is InChI=1S/C39H36O6S3/c1-29-15-22-37(23-16-29)47(40,41)44-33-21-17-31-28-38(24-18-30(31)27-33)48(42,43)45-46(34-11-7-5-8-12-34,35-13-9-6-10-14-35)36-25-19-32(20-26-36)39(2,3)4/h5-28H,1-4H3. The molecule has 0 aliphatic rings. The summed E-state index contributed by atoms with van der Waals surface area (Å²) in [6.07, 6.45) is 0. The van der Waals surface area contributed by atoms with Crippen molar-refractivity contribution in [2.45, 2.75) is 57.6 Å². The van der Waals surface area contributed by atoms with Crippen LogP contribution in [-0.2, 0) is 29.3 Å². The maximum absolute atomic E-state index is 14.4. The Morgan fingerprint density at radius 2 is 0.958 bits per heavy atom. The van der Waals surface area contributed by atoms with Crippen molar-refractivity contribution >= 4 is 41.3 Å². The third kappa shape index (κ3) is 6.77. The van der Waals surface area contributed by atoms with Crippen molar-refractivity contribution in [1.82, 2.24) is 0 Å². The average Bonchev–Trinajstić information content (AvgIpc) is 3.07. The molecule has 0 atom stereocenters. The highest BCUT2D eigenvalue weighted by Crippen LogP contribution is 2.70. The Kier molecular flexibility index (Phi) is 9.00. The highest BCUT2D eigenvalue weighted by atomic mass is 32.3. The van der Waals surface area contributed by atoms with Crippen LogP contribution in [0.15, 0.2) is 170 Å². The van der Waals surface area contributed by atoms with E-state index in [-0.39, 0.29) is 21.0 Å². The van der Waals surface area contributed by atoms with Gasteiger partial charge in [-0.3, -0.25) is 0 Å². The third-order valence-corrected chi connectivity index (χ3v) is 14.4. The van der Waals surface area contributed by atoms with E-state index < -0.39 is 30.5 Å². The minimum atomic E-state index is -4.36. The molecule has 6 aromatic rings. The molecule has 48 heavy (non-hydrogen) atoms. The molecule has 6 nitrogen and oxygen atoms in total. The second kappa shape index (κ2) is 12.9. The number of hydrogen-bond acceptors (Lipinski definition) is 6. The van der Waals surface area contributed by atoms with Crippen LogP contribution in [0.3, 0.4) is 0 Å². The first-order chi connectivity index (χ1) is 22.8. The lowest BCUT2D eigenvalue weighted by molar-refractivity contribution is 0.486. The van der Waals surface area contributed by atoms with Crippen LogP contribution < -0.4 is 4.18 Å². The van der Waals surface area contributed by atoms with Crippen molar-refractivity contribution in [2.24, 2.45) is 0 Å². The number of fused-ring (bicyclic) bond motifs is 1.